The quantitative estimate of drug-likeness (QED) is 0.0573. The van der Waals surface area contributed by atoms with Gasteiger partial charge in [-0.15, -0.1) is 0 Å². The van der Waals surface area contributed by atoms with Crippen LogP contribution < -0.4 is 5.32 Å². The van der Waals surface area contributed by atoms with Gasteiger partial charge in [-0.05, 0) is 106 Å². The van der Waals surface area contributed by atoms with Gasteiger partial charge >= 0.3 is 0 Å². The summed E-state index contributed by atoms with van der Waals surface area (Å²) < 4.78 is 6.02. The van der Waals surface area contributed by atoms with E-state index in [1.807, 2.05) is 74.6 Å². The van der Waals surface area contributed by atoms with Crippen LogP contribution in [0.5, 0.6) is 0 Å². The number of hydrogen-bond donors (Lipinski definition) is 4. The first kappa shape index (κ1) is 48.0. The molecule has 1 aliphatic rings. The summed E-state index contributed by atoms with van der Waals surface area (Å²) in [5.41, 5.74) is 13.4. The first-order chi connectivity index (χ1) is 35.3. The smallest absolute Gasteiger partial charge is 0.163 e. The molecule has 354 valence electrons. The maximum absolute atomic E-state index is 11.7. The molecule has 0 saturated heterocycles. The van der Waals surface area contributed by atoms with Crippen LogP contribution >= 0.6 is 0 Å². The summed E-state index contributed by atoms with van der Waals surface area (Å²) in [6.07, 6.45) is 27.6. The third-order valence-electron chi connectivity index (χ3n) is 13.3. The summed E-state index contributed by atoms with van der Waals surface area (Å²) in [7, 11) is 0. The number of aliphatic hydroxyl groups excluding tert-OH is 3. The van der Waals surface area contributed by atoms with Crippen molar-refractivity contribution in [2.75, 3.05) is 6.54 Å². The van der Waals surface area contributed by atoms with Crippen LogP contribution in [0.15, 0.2) is 259 Å². The Bertz CT molecular complexity index is 3550. The lowest BCUT2D eigenvalue weighted by atomic mass is 9.67. The van der Waals surface area contributed by atoms with Crippen molar-refractivity contribution in [2.24, 2.45) is 0 Å². The Morgan fingerprint density at radius 1 is 0.597 bits per heavy atom. The molecule has 0 amide bonds. The number of hydrogen-bond acceptors (Lipinski definition) is 5. The number of benzene rings is 7. The van der Waals surface area contributed by atoms with Gasteiger partial charge in [0.1, 0.15) is 11.3 Å². The molecule has 0 aliphatic heterocycles. The minimum atomic E-state index is -0.521. The Hall–Kier alpha value is -9.06. The van der Waals surface area contributed by atoms with Crippen molar-refractivity contribution in [2.45, 2.75) is 26.2 Å². The van der Waals surface area contributed by atoms with E-state index < -0.39 is 11.2 Å². The second-order valence-corrected chi connectivity index (χ2v) is 17.7. The Balaban J connectivity index is 1.09. The highest BCUT2D eigenvalue weighted by Gasteiger charge is 2.46. The van der Waals surface area contributed by atoms with Gasteiger partial charge in [0.2, 0.25) is 0 Å². The molecule has 8 aromatic rings. The lowest BCUT2D eigenvalue weighted by molar-refractivity contribution is 0.331. The number of nitrogens with one attached hydrogen (secondary N) is 1. The first-order valence-corrected chi connectivity index (χ1v) is 24.2. The fourth-order valence-corrected chi connectivity index (χ4v) is 9.90. The Morgan fingerprint density at radius 2 is 1.24 bits per heavy atom. The van der Waals surface area contributed by atoms with E-state index in [1.54, 1.807) is 25.5 Å². The molecule has 72 heavy (non-hydrogen) atoms. The van der Waals surface area contributed by atoms with Crippen molar-refractivity contribution in [1.82, 2.24) is 5.32 Å². The Labute approximate surface area is 422 Å². The minimum Gasteiger partial charge on any atom is -0.508 e. The third kappa shape index (κ3) is 9.36. The largest absolute Gasteiger partial charge is 0.508 e. The minimum absolute atomic E-state index is 0.111. The van der Waals surface area contributed by atoms with Gasteiger partial charge in [0.25, 0.3) is 0 Å². The van der Waals surface area contributed by atoms with Crippen molar-refractivity contribution < 1.29 is 19.7 Å². The molecule has 5 nitrogen and oxygen atoms in total. The summed E-state index contributed by atoms with van der Waals surface area (Å²) in [6, 6.07) is 55.6. The van der Waals surface area contributed by atoms with Gasteiger partial charge in [-0.1, -0.05) is 225 Å². The second kappa shape index (κ2) is 21.7. The molecule has 0 fully saturated rings. The average Bonchev–Trinajstić information content (AvgIpc) is 3.97. The number of furan rings is 1. The van der Waals surface area contributed by atoms with Gasteiger partial charge in [-0.25, -0.2) is 0 Å². The number of aliphatic hydroxyl groups is 3. The third-order valence-corrected chi connectivity index (χ3v) is 13.3. The lowest BCUT2D eigenvalue weighted by Gasteiger charge is -2.34. The van der Waals surface area contributed by atoms with Gasteiger partial charge in [-0.3, -0.25) is 0 Å². The molecular weight excluding hydrogens is 883 g/mol. The molecule has 0 spiro atoms. The molecule has 4 N–H and O–H groups in total. The van der Waals surface area contributed by atoms with Crippen molar-refractivity contribution in [1.29, 1.82) is 0 Å². The predicted octanol–water partition coefficient (Wildman–Crippen LogP) is 17.2. The molecule has 5 heteroatoms. The fraction of sp³-hybridized carbons (Fsp3) is 0.0746. The van der Waals surface area contributed by atoms with Gasteiger partial charge < -0.3 is 25.1 Å². The summed E-state index contributed by atoms with van der Waals surface area (Å²) in [5.74, 6) is -0.982. The van der Waals surface area contributed by atoms with E-state index in [9.17, 15) is 15.3 Å². The monoisotopic (exact) mass is 939 g/mol. The fourth-order valence-electron chi connectivity index (χ4n) is 9.90. The van der Waals surface area contributed by atoms with Crippen LogP contribution in [0, 0.1) is 0 Å². The van der Waals surface area contributed by atoms with E-state index in [1.165, 1.54) is 33.4 Å². The molecule has 0 radical (unpaired) electrons. The van der Waals surface area contributed by atoms with Crippen molar-refractivity contribution in [3.05, 3.63) is 304 Å². The van der Waals surface area contributed by atoms with Gasteiger partial charge in [0.05, 0.1) is 18.2 Å². The molecule has 7 aromatic carbocycles. The van der Waals surface area contributed by atoms with Crippen molar-refractivity contribution in [3.63, 3.8) is 0 Å². The lowest BCUT2D eigenvalue weighted by Crippen LogP contribution is -2.28. The average molecular weight is 940 g/mol. The molecule has 0 atom stereocenters. The zero-order valence-corrected chi connectivity index (χ0v) is 40.8. The second-order valence-electron chi connectivity index (χ2n) is 17.7. The van der Waals surface area contributed by atoms with E-state index in [0.29, 0.717) is 11.1 Å². The Kier molecular flexibility index (Phi) is 14.5. The summed E-state index contributed by atoms with van der Waals surface area (Å²) in [4.78, 5) is 0. The highest BCUT2D eigenvalue weighted by molar-refractivity contribution is 6.02. The summed E-state index contributed by atoms with van der Waals surface area (Å²) in [6.45, 7) is 9.21. The van der Waals surface area contributed by atoms with Crippen LogP contribution in [0.3, 0.4) is 0 Å². The summed E-state index contributed by atoms with van der Waals surface area (Å²) in [5, 5.41) is 39.9. The summed E-state index contributed by atoms with van der Waals surface area (Å²) >= 11 is 0. The van der Waals surface area contributed by atoms with Crippen LogP contribution in [0.25, 0.3) is 62.2 Å². The van der Waals surface area contributed by atoms with Crippen LogP contribution in [-0.2, 0) is 5.41 Å². The van der Waals surface area contributed by atoms with Gasteiger partial charge in [-0.2, -0.15) is 0 Å². The number of para-hydroxylation sites is 1. The topological polar surface area (TPSA) is 85.9 Å². The van der Waals surface area contributed by atoms with Crippen LogP contribution in [0.2, 0.25) is 0 Å². The Morgan fingerprint density at radius 3 is 1.94 bits per heavy atom. The highest BCUT2D eigenvalue weighted by atomic mass is 16.3. The highest BCUT2D eigenvalue weighted by Crippen LogP contribution is 2.56. The van der Waals surface area contributed by atoms with Crippen LogP contribution in [0.4, 0.5) is 0 Å². The maximum atomic E-state index is 11.7. The number of fused-ring (bicyclic) bond motifs is 5. The normalized spacial score (nSPS) is 14.3. The maximum Gasteiger partial charge on any atom is 0.163 e. The van der Waals surface area contributed by atoms with E-state index in [0.717, 1.165) is 44.0 Å². The SMILES string of the molecule is C=C(O)/C(C)=C(\C(O)=C(\O)CN/C=C/C=C(\C=C/c1ccc2c(c1)C(c1ccccc1)(c1ccccc1)c1ccccc1-2)c1ccc(/C=C\C=C/C)c2ccccc12)c1cccc2c(/C=C\C=C/C)coc12. The molecule has 0 bridgehead atoms. The van der Waals surface area contributed by atoms with E-state index in [2.05, 4.69) is 176 Å². The van der Waals surface area contributed by atoms with E-state index >= 15 is 0 Å². The standard InChI is InChI=1S/C67H57NO4/c1-5-7-11-23-49-39-41-55(57-31-18-17-30-54(49)57)50(25-22-42-68-44-63(70)65(71)64(46(3)47(4)69)60-34-21-33-56-51(24-12-8-6-2)45-72-66(56)60)38-36-48-37-40-59-58-32-19-20-35-61(58)67(62(59)43-48,52-26-13-9-14-27-52)53-28-15-10-16-29-53/h5-43,45,68-71H,4,44H2,1-3H3/b7-5-,8-6-,23-11-,24-12-,38-36-,42-22+,50-25+,64-46-,65-63-. The molecule has 9 rings (SSSR count). The van der Waals surface area contributed by atoms with E-state index in [-0.39, 0.29) is 29.2 Å². The van der Waals surface area contributed by atoms with Crippen LogP contribution in [-0.4, -0.2) is 21.9 Å². The zero-order valence-electron chi connectivity index (χ0n) is 40.8. The molecule has 1 aliphatic carbocycles. The molecule has 1 heterocycles. The van der Waals surface area contributed by atoms with Crippen LogP contribution in [0.1, 0.15) is 70.8 Å². The van der Waals surface area contributed by atoms with Crippen molar-refractivity contribution in [3.8, 4) is 11.1 Å². The predicted molar refractivity (Wildman–Crippen MR) is 302 cm³/mol. The number of allylic oxidation sites excluding steroid dienone is 12. The van der Waals surface area contributed by atoms with Crippen molar-refractivity contribution >= 4 is 51.1 Å². The zero-order chi connectivity index (χ0) is 50.0. The molecule has 0 unspecified atom stereocenters. The first-order valence-electron chi connectivity index (χ1n) is 24.2. The van der Waals surface area contributed by atoms with Gasteiger partial charge in [0, 0.05) is 27.7 Å². The molecule has 1 aromatic heterocycles. The van der Waals surface area contributed by atoms with E-state index in [4.69, 9.17) is 4.42 Å². The number of rotatable bonds is 16. The van der Waals surface area contributed by atoms with Gasteiger partial charge in [0.15, 0.2) is 11.5 Å². The molecule has 0 saturated carbocycles. The molecular formula is C67H57NO4.